The highest BCUT2D eigenvalue weighted by molar-refractivity contribution is 5.87. The van der Waals surface area contributed by atoms with E-state index in [0.717, 1.165) is 40.9 Å². The van der Waals surface area contributed by atoms with Crippen LogP contribution in [0, 0.1) is 0 Å². The topological polar surface area (TPSA) is 29.3 Å². The smallest absolute Gasteiger partial charge is 0.227 e. The molecule has 0 bridgehead atoms. The van der Waals surface area contributed by atoms with Crippen LogP contribution in [0.5, 0.6) is 0 Å². The summed E-state index contributed by atoms with van der Waals surface area (Å²) < 4.78 is 6.16. The number of benzene rings is 5. The van der Waals surface area contributed by atoms with Gasteiger partial charge in [0.2, 0.25) is 5.89 Å². The highest BCUT2D eigenvalue weighted by Crippen LogP contribution is 2.54. The molecule has 0 saturated carbocycles. The van der Waals surface area contributed by atoms with Gasteiger partial charge in [-0.15, -0.1) is 0 Å². The molecule has 3 heteroatoms. The quantitative estimate of drug-likeness (QED) is 0.225. The maximum Gasteiger partial charge on any atom is 0.227 e. The summed E-state index contributed by atoms with van der Waals surface area (Å²) in [5, 5.41) is 0. The predicted octanol–water partition coefficient (Wildman–Crippen LogP) is 10.1. The molecule has 3 nitrogen and oxygen atoms in total. The molecule has 1 aliphatic carbocycles. The van der Waals surface area contributed by atoms with E-state index < -0.39 is 0 Å². The van der Waals surface area contributed by atoms with Crippen molar-refractivity contribution in [2.24, 2.45) is 0 Å². The van der Waals surface area contributed by atoms with Crippen LogP contribution in [-0.2, 0) is 5.41 Å². The number of oxazole rings is 1. The molecule has 0 saturated heterocycles. The third-order valence-corrected chi connectivity index (χ3v) is 8.38. The summed E-state index contributed by atoms with van der Waals surface area (Å²) in [6.45, 7) is 4.63. The Bertz CT molecular complexity index is 1710. The first-order valence-electron chi connectivity index (χ1n) is 13.8. The Labute approximate surface area is 229 Å². The molecular weight excluding hydrogens is 476 g/mol. The minimum Gasteiger partial charge on any atom is -0.436 e. The van der Waals surface area contributed by atoms with Crippen molar-refractivity contribution < 1.29 is 4.42 Å². The largest absolute Gasteiger partial charge is 0.436 e. The van der Waals surface area contributed by atoms with E-state index in [1.165, 1.54) is 27.9 Å². The van der Waals surface area contributed by atoms with E-state index in [4.69, 9.17) is 9.40 Å². The average Bonchev–Trinajstić information content (AvgIpc) is 3.55. The minimum atomic E-state index is -0.0816. The molecule has 6 aromatic rings. The molecule has 190 valence electrons. The third-order valence-electron chi connectivity index (χ3n) is 8.38. The molecule has 0 atom stereocenters. The van der Waals surface area contributed by atoms with E-state index in [-0.39, 0.29) is 5.41 Å². The second-order valence-corrected chi connectivity index (χ2v) is 10.3. The zero-order valence-corrected chi connectivity index (χ0v) is 22.3. The second-order valence-electron chi connectivity index (χ2n) is 10.3. The zero-order valence-electron chi connectivity index (χ0n) is 22.3. The van der Waals surface area contributed by atoms with Gasteiger partial charge >= 0.3 is 0 Å². The summed E-state index contributed by atoms with van der Waals surface area (Å²) in [6, 6.07) is 42.9. The fraction of sp³-hybridized carbons (Fsp3) is 0.139. The first-order valence-corrected chi connectivity index (χ1v) is 13.8. The fourth-order valence-corrected chi connectivity index (χ4v) is 6.36. The van der Waals surface area contributed by atoms with Crippen LogP contribution in [0.25, 0.3) is 33.7 Å². The summed E-state index contributed by atoms with van der Waals surface area (Å²) in [4.78, 5) is 7.14. The van der Waals surface area contributed by atoms with Crippen molar-refractivity contribution >= 4 is 28.2 Å². The van der Waals surface area contributed by atoms with Crippen LogP contribution in [0.15, 0.2) is 126 Å². The lowest BCUT2D eigenvalue weighted by atomic mass is 9.73. The highest BCUT2D eigenvalue weighted by atomic mass is 16.3. The van der Waals surface area contributed by atoms with E-state index >= 15 is 0 Å². The minimum absolute atomic E-state index is 0.0816. The van der Waals surface area contributed by atoms with Gasteiger partial charge in [-0.25, -0.2) is 4.98 Å². The highest BCUT2D eigenvalue weighted by Gasteiger charge is 2.41. The maximum absolute atomic E-state index is 6.16. The summed E-state index contributed by atoms with van der Waals surface area (Å²) in [5.74, 6) is 0.677. The van der Waals surface area contributed by atoms with Crippen LogP contribution in [0.4, 0.5) is 17.1 Å². The normalized spacial score (nSPS) is 13.3. The molecule has 39 heavy (non-hydrogen) atoms. The van der Waals surface area contributed by atoms with Crippen LogP contribution in [0.3, 0.4) is 0 Å². The Balaban J connectivity index is 1.38. The fourth-order valence-electron chi connectivity index (χ4n) is 6.36. The number of aromatic nitrogens is 1. The lowest BCUT2D eigenvalue weighted by Gasteiger charge is -2.32. The van der Waals surface area contributed by atoms with Gasteiger partial charge in [0.25, 0.3) is 0 Å². The Morgan fingerprint density at radius 1 is 0.615 bits per heavy atom. The first kappa shape index (κ1) is 23.5. The molecule has 1 aliphatic rings. The van der Waals surface area contributed by atoms with Crippen LogP contribution >= 0.6 is 0 Å². The van der Waals surface area contributed by atoms with Crippen molar-refractivity contribution in [1.29, 1.82) is 0 Å². The van der Waals surface area contributed by atoms with Crippen LogP contribution in [-0.4, -0.2) is 4.98 Å². The number of anilines is 3. The maximum atomic E-state index is 6.16. The second kappa shape index (κ2) is 9.28. The molecule has 0 N–H and O–H groups in total. The van der Waals surface area contributed by atoms with E-state index in [9.17, 15) is 0 Å². The summed E-state index contributed by atoms with van der Waals surface area (Å²) in [5.41, 5.74) is 11.5. The number of hydrogen-bond donors (Lipinski definition) is 0. The molecule has 0 aliphatic heterocycles. The summed E-state index contributed by atoms with van der Waals surface area (Å²) in [7, 11) is 0. The van der Waals surface area contributed by atoms with Crippen molar-refractivity contribution in [2.75, 3.05) is 4.90 Å². The molecule has 1 heterocycles. The molecule has 5 aromatic carbocycles. The van der Waals surface area contributed by atoms with E-state index in [1.54, 1.807) is 0 Å². The van der Waals surface area contributed by atoms with Gasteiger partial charge in [-0.3, -0.25) is 0 Å². The molecule has 1 aromatic heterocycles. The molecular formula is C36H30N2O. The van der Waals surface area contributed by atoms with Gasteiger partial charge in [0.15, 0.2) is 5.58 Å². The van der Waals surface area contributed by atoms with Crippen molar-refractivity contribution in [2.45, 2.75) is 32.1 Å². The van der Waals surface area contributed by atoms with Crippen molar-refractivity contribution in [3.63, 3.8) is 0 Å². The number of nitrogens with zero attached hydrogens (tertiary/aromatic N) is 2. The number of para-hydroxylation sites is 4. The van der Waals surface area contributed by atoms with E-state index in [1.807, 2.05) is 24.3 Å². The SMILES string of the molecule is CCC1(CC)c2cc(-c3nc4ccccc4o3)ccc2-c2ccc(N(c3ccccc3)c3ccccc3)cc21. The molecule has 0 unspecified atom stereocenters. The summed E-state index contributed by atoms with van der Waals surface area (Å²) in [6.07, 6.45) is 2.03. The van der Waals surface area contributed by atoms with E-state index in [0.29, 0.717) is 5.89 Å². The lowest BCUT2D eigenvalue weighted by molar-refractivity contribution is 0.490. The van der Waals surface area contributed by atoms with Gasteiger partial charge in [0.1, 0.15) is 5.52 Å². The predicted molar refractivity (Wildman–Crippen MR) is 161 cm³/mol. The van der Waals surface area contributed by atoms with Crippen LogP contribution < -0.4 is 4.90 Å². The van der Waals surface area contributed by atoms with Gasteiger partial charge < -0.3 is 9.32 Å². The Hall–Kier alpha value is -4.63. The third kappa shape index (κ3) is 3.69. The van der Waals surface area contributed by atoms with Crippen molar-refractivity contribution in [3.8, 4) is 22.6 Å². The van der Waals surface area contributed by atoms with E-state index in [2.05, 4.69) is 116 Å². The lowest BCUT2D eigenvalue weighted by Crippen LogP contribution is -2.23. The Morgan fingerprint density at radius 3 is 1.85 bits per heavy atom. The van der Waals surface area contributed by atoms with Crippen molar-refractivity contribution in [1.82, 2.24) is 4.98 Å². The number of hydrogen-bond acceptors (Lipinski definition) is 3. The van der Waals surface area contributed by atoms with Gasteiger partial charge in [-0.2, -0.15) is 0 Å². The standard InChI is InChI=1S/C36H30N2O/c1-3-36(4-2)31-23-25(35-37-33-17-11-12-18-34(33)39-35)19-21-29(31)30-22-20-28(24-32(30)36)38(26-13-7-5-8-14-26)27-15-9-6-10-16-27/h5-24H,3-4H2,1-2H3. The monoisotopic (exact) mass is 506 g/mol. The van der Waals surface area contributed by atoms with Gasteiger partial charge in [-0.1, -0.05) is 74.5 Å². The van der Waals surface area contributed by atoms with Gasteiger partial charge in [0.05, 0.1) is 0 Å². The van der Waals surface area contributed by atoms with Crippen LogP contribution in [0.2, 0.25) is 0 Å². The zero-order chi connectivity index (χ0) is 26.4. The molecule has 0 fully saturated rings. The molecule has 0 spiro atoms. The van der Waals surface area contributed by atoms with Crippen molar-refractivity contribution in [3.05, 3.63) is 132 Å². The number of rotatable bonds is 6. The Morgan fingerprint density at radius 2 is 1.21 bits per heavy atom. The van der Waals surface area contributed by atoms with Gasteiger partial charge in [-0.05, 0) is 95.8 Å². The Kier molecular flexibility index (Phi) is 5.59. The first-order chi connectivity index (χ1) is 19.2. The van der Waals surface area contributed by atoms with Crippen LogP contribution in [0.1, 0.15) is 37.8 Å². The van der Waals surface area contributed by atoms with Gasteiger partial charge in [0, 0.05) is 28.0 Å². The molecule has 0 radical (unpaired) electrons. The molecule has 0 amide bonds. The summed E-state index contributed by atoms with van der Waals surface area (Å²) >= 11 is 0. The average molecular weight is 507 g/mol. The number of fused-ring (bicyclic) bond motifs is 4. The molecule has 7 rings (SSSR count).